The first-order valence-electron chi connectivity index (χ1n) is 7.93. The van der Waals surface area contributed by atoms with Crippen LogP contribution in [0.15, 0.2) is 47.5 Å². The van der Waals surface area contributed by atoms with E-state index in [0.717, 1.165) is 29.2 Å². The van der Waals surface area contributed by atoms with Crippen molar-refractivity contribution in [1.82, 2.24) is 5.32 Å². The molecule has 1 amide bonds. The van der Waals surface area contributed by atoms with Gasteiger partial charge in [0, 0.05) is 6.04 Å². The third kappa shape index (κ3) is 3.19. The molecule has 1 aliphatic carbocycles. The molecule has 0 bridgehead atoms. The number of fused-ring (bicyclic) bond motifs is 1. The zero-order chi connectivity index (χ0) is 15.4. The molecule has 22 heavy (non-hydrogen) atoms. The predicted octanol–water partition coefficient (Wildman–Crippen LogP) is 3.78. The van der Waals surface area contributed by atoms with E-state index in [1.54, 1.807) is 0 Å². The van der Waals surface area contributed by atoms with Crippen LogP contribution in [0.25, 0.3) is 10.8 Å². The molecule has 1 saturated carbocycles. The van der Waals surface area contributed by atoms with Gasteiger partial charge in [-0.25, -0.2) is 0 Å². The summed E-state index contributed by atoms with van der Waals surface area (Å²) in [6, 6.07) is 13.3. The minimum absolute atomic E-state index is 0.155. The van der Waals surface area contributed by atoms with Crippen LogP contribution < -0.4 is 5.32 Å². The monoisotopic (exact) mass is 292 g/mol. The highest BCUT2D eigenvalue weighted by atomic mass is 16.2. The Morgan fingerprint density at radius 3 is 2.55 bits per heavy atom. The van der Waals surface area contributed by atoms with E-state index in [1.165, 1.54) is 19.3 Å². The van der Waals surface area contributed by atoms with Gasteiger partial charge in [0.2, 0.25) is 5.91 Å². The number of rotatable bonds is 4. The number of nitrogens with one attached hydrogen (secondary N) is 1. The first-order chi connectivity index (χ1) is 10.8. The molecule has 2 aromatic carbocycles. The molecular formula is C19H20N2O. The minimum Gasteiger partial charge on any atom is -0.351 e. The number of hydrogen-bond acceptors (Lipinski definition) is 2. The van der Waals surface area contributed by atoms with Crippen LogP contribution >= 0.6 is 0 Å². The molecule has 0 saturated heterocycles. The molecule has 1 unspecified atom stereocenters. The van der Waals surface area contributed by atoms with Gasteiger partial charge in [-0.05, 0) is 35.2 Å². The summed E-state index contributed by atoms with van der Waals surface area (Å²) < 4.78 is 0. The predicted molar refractivity (Wildman–Crippen MR) is 89.1 cm³/mol. The van der Waals surface area contributed by atoms with Crippen LogP contribution in [0.2, 0.25) is 0 Å². The lowest BCUT2D eigenvalue weighted by atomic mass is 9.94. The van der Waals surface area contributed by atoms with Crippen LogP contribution in [0.4, 0.5) is 0 Å². The topological polar surface area (TPSA) is 41.5 Å². The maximum Gasteiger partial charge on any atom is 0.249 e. The Morgan fingerprint density at radius 2 is 1.82 bits per heavy atom. The maximum atomic E-state index is 12.5. The van der Waals surface area contributed by atoms with E-state index < -0.39 is 6.04 Å². The van der Waals surface area contributed by atoms with Crippen molar-refractivity contribution >= 4 is 23.4 Å². The quantitative estimate of drug-likeness (QED) is 0.856. The van der Waals surface area contributed by atoms with Gasteiger partial charge in [0.1, 0.15) is 6.72 Å². The van der Waals surface area contributed by atoms with Gasteiger partial charge in [0.05, 0.1) is 0 Å². The molecule has 112 valence electrons. The van der Waals surface area contributed by atoms with Crippen LogP contribution in [0.1, 0.15) is 43.7 Å². The van der Waals surface area contributed by atoms with E-state index in [-0.39, 0.29) is 11.9 Å². The molecule has 1 fully saturated rings. The lowest BCUT2D eigenvalue weighted by Gasteiger charge is -2.24. The van der Waals surface area contributed by atoms with Gasteiger partial charge in [-0.2, -0.15) is 0 Å². The van der Waals surface area contributed by atoms with Gasteiger partial charge >= 0.3 is 0 Å². The fourth-order valence-electron chi connectivity index (χ4n) is 3.19. The summed E-state index contributed by atoms with van der Waals surface area (Å²) in [6.07, 6.45) is 5.67. The molecule has 1 N–H and O–H groups in total. The molecule has 2 aromatic rings. The summed E-state index contributed by atoms with van der Waals surface area (Å²) in [5, 5.41) is 5.26. The number of aliphatic imine (C=N–C) groups is 1. The van der Waals surface area contributed by atoms with Gasteiger partial charge in [-0.15, -0.1) is 0 Å². The molecule has 0 heterocycles. The van der Waals surface area contributed by atoms with E-state index in [2.05, 4.69) is 10.3 Å². The summed E-state index contributed by atoms with van der Waals surface area (Å²) >= 11 is 0. The normalized spacial score (nSPS) is 17.1. The largest absolute Gasteiger partial charge is 0.351 e. The molecule has 3 heteroatoms. The summed E-state index contributed by atoms with van der Waals surface area (Å²) in [7, 11) is 0. The molecule has 0 aromatic heterocycles. The molecule has 2 radical (unpaired) electrons. The Morgan fingerprint density at radius 1 is 1.09 bits per heavy atom. The molecule has 1 aliphatic rings. The molecule has 3 rings (SSSR count). The van der Waals surface area contributed by atoms with Gasteiger partial charge in [0.15, 0.2) is 6.04 Å². The highest BCUT2D eigenvalue weighted by Crippen LogP contribution is 2.24. The van der Waals surface area contributed by atoms with Crippen LogP contribution in [-0.4, -0.2) is 18.7 Å². The lowest BCUT2D eigenvalue weighted by Crippen LogP contribution is -2.38. The fraction of sp³-hybridized carbons (Fsp3) is 0.368. The number of amides is 1. The smallest absolute Gasteiger partial charge is 0.249 e. The zero-order valence-corrected chi connectivity index (χ0v) is 12.6. The Hall–Kier alpha value is -2.16. The van der Waals surface area contributed by atoms with Crippen LogP contribution in [0, 0.1) is 0 Å². The second-order valence-corrected chi connectivity index (χ2v) is 5.98. The van der Waals surface area contributed by atoms with Crippen molar-refractivity contribution in [2.45, 2.75) is 44.2 Å². The molecule has 1 atom stereocenters. The van der Waals surface area contributed by atoms with E-state index in [9.17, 15) is 4.79 Å². The van der Waals surface area contributed by atoms with E-state index in [0.29, 0.717) is 0 Å². The Balaban J connectivity index is 1.79. The average molecular weight is 292 g/mol. The summed E-state index contributed by atoms with van der Waals surface area (Å²) in [6.45, 7) is 7.42. The highest BCUT2D eigenvalue weighted by molar-refractivity contribution is 5.88. The summed E-state index contributed by atoms with van der Waals surface area (Å²) in [4.78, 5) is 16.0. The summed E-state index contributed by atoms with van der Waals surface area (Å²) in [5.74, 6) is -0.155. The molecule has 0 aliphatic heterocycles. The first kappa shape index (κ1) is 14.8. The number of carbonyl (C=O) groups is 1. The van der Waals surface area contributed by atoms with Crippen LogP contribution in [-0.2, 0) is 4.79 Å². The van der Waals surface area contributed by atoms with Crippen molar-refractivity contribution in [3.63, 3.8) is 0 Å². The minimum atomic E-state index is -0.744. The molecule has 3 nitrogen and oxygen atoms in total. The molecular weight excluding hydrogens is 272 g/mol. The number of hydrogen-bond donors (Lipinski definition) is 1. The average Bonchev–Trinajstić information content (AvgIpc) is 2.56. The third-order valence-corrected chi connectivity index (χ3v) is 4.42. The first-order valence-corrected chi connectivity index (χ1v) is 7.93. The van der Waals surface area contributed by atoms with E-state index in [4.69, 9.17) is 6.72 Å². The SMILES string of the molecule is [C]=NC(C(=O)NC1CCCCC1)c1ccc2ccccc2c1. The van der Waals surface area contributed by atoms with Crippen LogP contribution in [0.3, 0.4) is 0 Å². The maximum absolute atomic E-state index is 12.5. The number of nitrogens with zero attached hydrogens (tertiary/aromatic N) is 1. The lowest BCUT2D eigenvalue weighted by molar-refractivity contribution is -0.123. The second kappa shape index (κ2) is 6.73. The van der Waals surface area contributed by atoms with Gasteiger partial charge < -0.3 is 5.32 Å². The van der Waals surface area contributed by atoms with Crippen molar-refractivity contribution in [3.8, 4) is 0 Å². The Labute approximate surface area is 131 Å². The second-order valence-electron chi connectivity index (χ2n) is 5.98. The van der Waals surface area contributed by atoms with Crippen molar-refractivity contribution in [2.75, 3.05) is 0 Å². The summed E-state index contributed by atoms with van der Waals surface area (Å²) in [5.41, 5.74) is 0.780. The third-order valence-electron chi connectivity index (χ3n) is 4.42. The zero-order valence-electron chi connectivity index (χ0n) is 12.6. The Bertz CT molecular complexity index is 674. The fourth-order valence-corrected chi connectivity index (χ4v) is 3.19. The van der Waals surface area contributed by atoms with Gasteiger partial charge in [-0.1, -0.05) is 55.7 Å². The van der Waals surface area contributed by atoms with Gasteiger partial charge in [0.25, 0.3) is 0 Å². The highest BCUT2D eigenvalue weighted by Gasteiger charge is 2.23. The van der Waals surface area contributed by atoms with Gasteiger partial charge in [-0.3, -0.25) is 9.79 Å². The van der Waals surface area contributed by atoms with Crippen LogP contribution in [0.5, 0.6) is 0 Å². The van der Waals surface area contributed by atoms with Crippen molar-refractivity contribution in [1.29, 1.82) is 0 Å². The molecule has 0 spiro atoms. The number of carbonyl (C=O) groups excluding carboxylic acids is 1. The van der Waals surface area contributed by atoms with Crippen molar-refractivity contribution in [2.24, 2.45) is 4.99 Å². The Kier molecular flexibility index (Phi) is 4.52. The van der Waals surface area contributed by atoms with Crippen molar-refractivity contribution in [3.05, 3.63) is 48.0 Å². The number of benzene rings is 2. The van der Waals surface area contributed by atoms with Crippen molar-refractivity contribution < 1.29 is 4.79 Å². The van der Waals surface area contributed by atoms with E-state index in [1.807, 2.05) is 42.5 Å². The standard InChI is InChI=1S/C19H20N2O/c1-20-18(19(22)21-17-9-3-2-4-10-17)16-12-11-14-7-5-6-8-15(14)13-16/h5-8,11-13,17-18H,2-4,9-10H2,(H,21,22). The van der Waals surface area contributed by atoms with E-state index >= 15 is 0 Å².